The van der Waals surface area contributed by atoms with Crippen molar-refractivity contribution in [3.05, 3.63) is 16.1 Å². The number of nitrogens with zero attached hydrogens (tertiary/aromatic N) is 2. The predicted octanol–water partition coefficient (Wildman–Crippen LogP) is 3.48. The van der Waals surface area contributed by atoms with Crippen molar-refractivity contribution in [2.75, 3.05) is 18.1 Å². The van der Waals surface area contributed by atoms with Crippen LogP contribution in [0.15, 0.2) is 5.38 Å². The number of carbonyl (C=O) groups is 2. The zero-order valence-corrected chi connectivity index (χ0v) is 21.1. The minimum atomic E-state index is -3.71. The van der Waals surface area contributed by atoms with Crippen LogP contribution in [0.3, 0.4) is 0 Å². The Kier molecular flexibility index (Phi) is 7.51. The number of nitrogens with one attached hydrogen (secondary N) is 1. The van der Waals surface area contributed by atoms with Crippen LogP contribution in [0, 0.1) is 18.3 Å². The number of piperidine rings is 1. The summed E-state index contributed by atoms with van der Waals surface area (Å²) >= 11 is 2.91. The Hall–Kier alpha value is -1.13. The number of carbonyl (C=O) groups excluding carboxylic acids is 2. The highest BCUT2D eigenvalue weighted by molar-refractivity contribution is 7.99. The van der Waals surface area contributed by atoms with Gasteiger partial charge >= 0.3 is 0 Å². The molecule has 0 bridgehead atoms. The Morgan fingerprint density at radius 2 is 2.06 bits per heavy atom. The van der Waals surface area contributed by atoms with Crippen LogP contribution in [0.4, 0.5) is 0 Å². The Bertz CT molecular complexity index is 934. The second kappa shape index (κ2) is 10.0. The van der Waals surface area contributed by atoms with Crippen LogP contribution in [-0.4, -0.2) is 54.2 Å². The van der Waals surface area contributed by atoms with Crippen LogP contribution in [0.2, 0.25) is 0 Å². The van der Waals surface area contributed by atoms with Gasteiger partial charge in [-0.15, -0.1) is 23.1 Å². The van der Waals surface area contributed by atoms with Crippen LogP contribution in [0.5, 0.6) is 0 Å². The summed E-state index contributed by atoms with van der Waals surface area (Å²) in [6.45, 7) is 2.66. The topological polar surface area (TPSA) is 96.4 Å². The SMILES string of the molecule is Cc1nc(CSCC(=O)NS(=O)(=O)CCC2CCCCN2C(=O)C2CC3(CCC3)C2)cs1. The number of thioether (sulfide) groups is 1. The Morgan fingerprint density at radius 1 is 1.28 bits per heavy atom. The van der Waals surface area contributed by atoms with Gasteiger partial charge in [-0.1, -0.05) is 6.42 Å². The summed E-state index contributed by atoms with van der Waals surface area (Å²) in [5.41, 5.74) is 1.36. The molecular formula is C22H33N3O4S3. The smallest absolute Gasteiger partial charge is 0.243 e. The molecule has 3 fully saturated rings. The monoisotopic (exact) mass is 499 g/mol. The maximum Gasteiger partial charge on any atom is 0.243 e. The largest absolute Gasteiger partial charge is 0.339 e. The van der Waals surface area contributed by atoms with E-state index in [1.54, 1.807) is 11.3 Å². The maximum absolute atomic E-state index is 13.1. The Balaban J connectivity index is 1.21. The van der Waals surface area contributed by atoms with Crippen molar-refractivity contribution in [3.8, 4) is 0 Å². The molecule has 10 heteroatoms. The fourth-order valence-electron chi connectivity index (χ4n) is 5.34. The first kappa shape index (κ1) is 24.0. The van der Waals surface area contributed by atoms with Crippen molar-refractivity contribution in [2.24, 2.45) is 11.3 Å². The van der Waals surface area contributed by atoms with Crippen molar-refractivity contribution in [2.45, 2.75) is 76.5 Å². The van der Waals surface area contributed by atoms with Gasteiger partial charge in [0.25, 0.3) is 0 Å². The molecule has 2 saturated carbocycles. The standard InChI is InChI=1S/C22H33N3O4S3/c1-16-23-18(14-31-16)13-30-15-20(26)24-32(28,29)10-6-19-5-2-3-9-25(19)21(27)17-11-22(12-17)7-4-8-22/h14,17,19H,2-13,15H2,1H3,(H,24,26). The molecule has 1 saturated heterocycles. The molecule has 7 nitrogen and oxygen atoms in total. The van der Waals surface area contributed by atoms with E-state index in [1.807, 2.05) is 17.2 Å². The summed E-state index contributed by atoms with van der Waals surface area (Å²) in [5.74, 6) is 0.386. The van der Waals surface area contributed by atoms with Gasteiger partial charge in [0.1, 0.15) is 0 Å². The second-order valence-electron chi connectivity index (χ2n) is 9.62. The molecule has 1 aromatic rings. The van der Waals surface area contributed by atoms with Crippen LogP contribution >= 0.6 is 23.1 Å². The molecule has 1 N–H and O–H groups in total. The van der Waals surface area contributed by atoms with Crippen molar-refractivity contribution in [1.82, 2.24) is 14.6 Å². The lowest BCUT2D eigenvalue weighted by Gasteiger charge is -2.55. The number of aryl methyl sites for hydroxylation is 1. The van der Waals surface area contributed by atoms with E-state index in [-0.39, 0.29) is 29.4 Å². The molecule has 32 heavy (non-hydrogen) atoms. The number of aromatic nitrogens is 1. The average molecular weight is 500 g/mol. The first-order valence-corrected chi connectivity index (χ1v) is 15.3. The molecule has 1 spiro atoms. The van der Waals surface area contributed by atoms with Gasteiger partial charge in [-0.2, -0.15) is 0 Å². The molecule has 4 rings (SSSR count). The third kappa shape index (κ3) is 5.86. The van der Waals surface area contributed by atoms with E-state index in [2.05, 4.69) is 9.71 Å². The van der Waals surface area contributed by atoms with E-state index in [9.17, 15) is 18.0 Å². The van der Waals surface area contributed by atoms with E-state index >= 15 is 0 Å². The Morgan fingerprint density at radius 3 is 2.72 bits per heavy atom. The van der Waals surface area contributed by atoms with E-state index in [0.717, 1.165) is 49.4 Å². The number of hydrogen-bond donors (Lipinski definition) is 1. The zero-order chi connectivity index (χ0) is 22.8. The molecule has 0 aromatic carbocycles. The number of likely N-dealkylation sites (tertiary alicyclic amines) is 1. The quantitative estimate of drug-likeness (QED) is 0.559. The van der Waals surface area contributed by atoms with Crippen molar-refractivity contribution >= 4 is 44.9 Å². The molecule has 2 amide bonds. The lowest BCUT2D eigenvalue weighted by molar-refractivity contribution is -0.151. The van der Waals surface area contributed by atoms with Crippen LogP contribution < -0.4 is 4.72 Å². The molecule has 3 aliphatic rings. The molecule has 0 radical (unpaired) electrons. The van der Waals surface area contributed by atoms with Crippen molar-refractivity contribution in [3.63, 3.8) is 0 Å². The lowest BCUT2D eigenvalue weighted by atomic mass is 9.51. The van der Waals surface area contributed by atoms with E-state index in [0.29, 0.717) is 17.6 Å². The first-order chi connectivity index (χ1) is 15.3. The highest BCUT2D eigenvalue weighted by atomic mass is 32.2. The van der Waals surface area contributed by atoms with Gasteiger partial charge in [-0.05, 0) is 63.7 Å². The highest BCUT2D eigenvalue weighted by Gasteiger charge is 2.51. The normalized spacial score (nSPS) is 22.9. The first-order valence-electron chi connectivity index (χ1n) is 11.6. The average Bonchev–Trinajstić information content (AvgIpc) is 3.09. The number of rotatable bonds is 9. The van der Waals surface area contributed by atoms with E-state index in [1.165, 1.54) is 31.0 Å². The van der Waals surface area contributed by atoms with Crippen LogP contribution in [0.25, 0.3) is 0 Å². The fraction of sp³-hybridized carbons (Fsp3) is 0.773. The van der Waals surface area contributed by atoms with E-state index in [4.69, 9.17) is 0 Å². The summed E-state index contributed by atoms with van der Waals surface area (Å²) in [5, 5.41) is 2.92. The number of sulfonamides is 1. The predicted molar refractivity (Wildman–Crippen MR) is 128 cm³/mol. The number of thiazole rings is 1. The number of hydrogen-bond acceptors (Lipinski definition) is 7. The summed E-state index contributed by atoms with van der Waals surface area (Å²) in [6, 6.07) is -0.0388. The fourth-order valence-corrected chi connectivity index (χ4v) is 7.97. The minimum Gasteiger partial charge on any atom is -0.339 e. The second-order valence-corrected chi connectivity index (χ2v) is 13.5. The number of amides is 2. The summed E-state index contributed by atoms with van der Waals surface area (Å²) < 4.78 is 27.1. The molecule has 1 aromatic heterocycles. The Labute approximate surface area is 199 Å². The zero-order valence-electron chi connectivity index (χ0n) is 18.7. The molecule has 2 aliphatic carbocycles. The van der Waals surface area contributed by atoms with Crippen LogP contribution in [-0.2, 0) is 25.4 Å². The molecule has 1 unspecified atom stereocenters. The van der Waals surface area contributed by atoms with Gasteiger partial charge in [-0.3, -0.25) is 14.3 Å². The van der Waals surface area contributed by atoms with Crippen molar-refractivity contribution in [1.29, 1.82) is 0 Å². The highest BCUT2D eigenvalue weighted by Crippen LogP contribution is 2.59. The van der Waals surface area contributed by atoms with Crippen molar-refractivity contribution < 1.29 is 18.0 Å². The molecule has 1 aliphatic heterocycles. The van der Waals surface area contributed by atoms with Gasteiger partial charge in [0, 0.05) is 29.6 Å². The van der Waals surface area contributed by atoms with Gasteiger partial charge in [0.05, 0.1) is 22.2 Å². The summed E-state index contributed by atoms with van der Waals surface area (Å²) in [7, 11) is -3.71. The van der Waals surface area contributed by atoms with Gasteiger partial charge in [0.15, 0.2) is 0 Å². The maximum atomic E-state index is 13.1. The third-order valence-electron chi connectivity index (χ3n) is 7.17. The van der Waals surface area contributed by atoms with Gasteiger partial charge in [-0.25, -0.2) is 13.4 Å². The molecule has 178 valence electrons. The van der Waals surface area contributed by atoms with Gasteiger partial charge in [0.2, 0.25) is 21.8 Å². The van der Waals surface area contributed by atoms with Gasteiger partial charge < -0.3 is 4.90 Å². The lowest BCUT2D eigenvalue weighted by Crippen LogP contribution is -2.53. The molecular weight excluding hydrogens is 466 g/mol. The molecule has 2 heterocycles. The minimum absolute atomic E-state index is 0.0388. The van der Waals surface area contributed by atoms with Crippen LogP contribution in [0.1, 0.15) is 68.5 Å². The summed E-state index contributed by atoms with van der Waals surface area (Å²) in [6.07, 6.45) is 9.08. The summed E-state index contributed by atoms with van der Waals surface area (Å²) in [4.78, 5) is 31.5. The third-order valence-corrected chi connectivity index (χ3v) is 10.3. The van der Waals surface area contributed by atoms with E-state index < -0.39 is 15.9 Å². The molecule has 1 atom stereocenters.